The number of unbranched alkanes of at least 4 members (excludes halogenated alkanes) is 1. The van der Waals surface area contributed by atoms with E-state index in [4.69, 9.17) is 4.42 Å². The Hall–Kier alpha value is -3.07. The second kappa shape index (κ2) is 7.28. The lowest BCUT2D eigenvalue weighted by molar-refractivity contribution is 0.560. The zero-order valence-electron chi connectivity index (χ0n) is 15.7. The third-order valence-electron chi connectivity index (χ3n) is 4.95. The van der Waals surface area contributed by atoms with Gasteiger partial charge in [0.05, 0.1) is 0 Å². The molecule has 0 N–H and O–H groups in total. The molecule has 0 fully saturated rings. The van der Waals surface area contributed by atoms with Gasteiger partial charge in [-0.2, -0.15) is 0 Å². The molecule has 0 aliphatic heterocycles. The summed E-state index contributed by atoms with van der Waals surface area (Å²) in [6.07, 6.45) is 8.64. The van der Waals surface area contributed by atoms with Gasteiger partial charge in [-0.15, -0.1) is 0 Å². The number of hydrogen-bond acceptors (Lipinski definition) is 2. The molecule has 0 unspecified atom stereocenters. The third kappa shape index (κ3) is 3.45. The van der Waals surface area contributed by atoms with Gasteiger partial charge < -0.3 is 8.98 Å². The van der Waals surface area contributed by atoms with Crippen LogP contribution in [0, 0.1) is 6.92 Å². The predicted molar refractivity (Wildman–Crippen MR) is 113 cm³/mol. The molecule has 136 valence electrons. The monoisotopic (exact) mass is 357 g/mol. The van der Waals surface area contributed by atoms with Crippen molar-refractivity contribution in [1.29, 1.82) is 0 Å². The van der Waals surface area contributed by atoms with E-state index < -0.39 is 0 Å². The first-order chi connectivity index (χ1) is 13.2. The van der Waals surface area contributed by atoms with Gasteiger partial charge in [-0.1, -0.05) is 55.8 Å². The minimum Gasteiger partial charge on any atom is -0.423 e. The van der Waals surface area contributed by atoms with Crippen molar-refractivity contribution in [3.8, 4) is 0 Å². The topological polar surface area (TPSA) is 35.1 Å². The predicted octanol–water partition coefficient (Wildman–Crippen LogP) is 6.03. The summed E-state index contributed by atoms with van der Waals surface area (Å²) in [6.45, 7) is 5.22. The minimum absolute atomic E-state index is 0.321. The first-order valence-corrected chi connectivity index (χ1v) is 9.46. The van der Waals surface area contributed by atoms with Crippen LogP contribution in [-0.4, -0.2) is 4.57 Å². The summed E-state index contributed by atoms with van der Waals surface area (Å²) in [5.74, 6) is 0. The fraction of sp³-hybridized carbons (Fsp3) is 0.208. The molecule has 0 radical (unpaired) electrons. The molecule has 27 heavy (non-hydrogen) atoms. The van der Waals surface area contributed by atoms with Crippen molar-refractivity contribution in [3.05, 3.63) is 81.8 Å². The molecule has 2 aromatic carbocycles. The zero-order valence-corrected chi connectivity index (χ0v) is 15.7. The molecule has 0 aliphatic carbocycles. The van der Waals surface area contributed by atoms with E-state index in [0.29, 0.717) is 5.58 Å². The highest BCUT2D eigenvalue weighted by Crippen LogP contribution is 2.25. The third-order valence-corrected chi connectivity index (χ3v) is 4.95. The van der Waals surface area contributed by atoms with Gasteiger partial charge in [-0.25, -0.2) is 4.79 Å². The second-order valence-corrected chi connectivity index (χ2v) is 7.00. The van der Waals surface area contributed by atoms with Crippen LogP contribution >= 0.6 is 0 Å². The van der Waals surface area contributed by atoms with Crippen LogP contribution in [0.5, 0.6) is 0 Å². The molecule has 3 heteroatoms. The van der Waals surface area contributed by atoms with E-state index in [1.807, 2.05) is 31.2 Å². The number of aryl methyl sites for hydroxylation is 2. The maximum absolute atomic E-state index is 12.0. The number of aromatic nitrogens is 1. The Labute approximate surface area is 158 Å². The van der Waals surface area contributed by atoms with Gasteiger partial charge in [0.2, 0.25) is 0 Å². The molecule has 0 saturated heterocycles. The molecule has 4 aromatic rings. The lowest BCUT2D eigenvalue weighted by atomic mass is 10.1. The number of para-hydroxylation sites is 1. The largest absolute Gasteiger partial charge is 0.423 e. The fourth-order valence-corrected chi connectivity index (χ4v) is 3.53. The Bertz CT molecular complexity index is 1190. The molecule has 0 bridgehead atoms. The van der Waals surface area contributed by atoms with Crippen LogP contribution < -0.4 is 5.63 Å². The van der Waals surface area contributed by atoms with Crippen molar-refractivity contribution < 1.29 is 4.42 Å². The van der Waals surface area contributed by atoms with Crippen LogP contribution in [0.15, 0.2) is 63.9 Å². The summed E-state index contributed by atoms with van der Waals surface area (Å²) in [5, 5.41) is 2.18. The van der Waals surface area contributed by atoms with Crippen LogP contribution in [0.4, 0.5) is 0 Å². The molecular weight excluding hydrogens is 334 g/mol. The highest BCUT2D eigenvalue weighted by molar-refractivity contribution is 5.95. The molecule has 0 spiro atoms. The maximum Gasteiger partial charge on any atom is 0.336 e. The minimum atomic E-state index is -0.321. The van der Waals surface area contributed by atoms with Crippen LogP contribution in [-0.2, 0) is 6.54 Å². The van der Waals surface area contributed by atoms with Crippen molar-refractivity contribution in [2.75, 3.05) is 0 Å². The highest BCUT2D eigenvalue weighted by Gasteiger charge is 2.07. The van der Waals surface area contributed by atoms with Gasteiger partial charge in [-0.3, -0.25) is 0 Å². The molecule has 4 rings (SSSR count). The zero-order chi connectivity index (χ0) is 18.8. The lowest BCUT2D eigenvalue weighted by Crippen LogP contribution is -1.98. The van der Waals surface area contributed by atoms with E-state index in [1.165, 1.54) is 17.3 Å². The van der Waals surface area contributed by atoms with Gasteiger partial charge in [0, 0.05) is 35.1 Å². The van der Waals surface area contributed by atoms with Crippen molar-refractivity contribution in [2.24, 2.45) is 0 Å². The standard InChI is InChI=1S/C24H23NO2/c1-3-4-13-25-16-19(20-7-5-6-8-22(20)25)11-10-18-15-24(26)27-23-14-17(2)9-12-21(18)23/h5-12,14-16H,3-4,13H2,1-2H3/b11-10+. The second-order valence-electron chi connectivity index (χ2n) is 7.00. The van der Waals surface area contributed by atoms with Crippen LogP contribution in [0.3, 0.4) is 0 Å². The summed E-state index contributed by atoms with van der Waals surface area (Å²) in [6, 6.07) is 16.0. The Kier molecular flexibility index (Phi) is 4.68. The SMILES string of the molecule is CCCCn1cc(/C=C/c2cc(=O)oc3cc(C)ccc23)c2ccccc21. The molecular formula is C24H23NO2. The maximum atomic E-state index is 12.0. The Morgan fingerprint density at radius 2 is 1.81 bits per heavy atom. The fourth-order valence-electron chi connectivity index (χ4n) is 3.53. The number of rotatable bonds is 5. The Morgan fingerprint density at radius 1 is 1.00 bits per heavy atom. The molecule has 0 aliphatic rings. The molecule has 2 heterocycles. The first-order valence-electron chi connectivity index (χ1n) is 9.46. The first kappa shape index (κ1) is 17.3. The average molecular weight is 357 g/mol. The Balaban J connectivity index is 1.80. The number of hydrogen-bond donors (Lipinski definition) is 0. The van der Waals surface area contributed by atoms with Crippen molar-refractivity contribution in [1.82, 2.24) is 4.57 Å². The van der Waals surface area contributed by atoms with Gasteiger partial charge >= 0.3 is 5.63 Å². The summed E-state index contributed by atoms with van der Waals surface area (Å²) < 4.78 is 7.68. The summed E-state index contributed by atoms with van der Waals surface area (Å²) in [5.41, 5.74) is 4.68. The molecule has 0 amide bonds. The summed E-state index contributed by atoms with van der Waals surface area (Å²) >= 11 is 0. The normalized spacial score (nSPS) is 11.8. The van der Waals surface area contributed by atoms with E-state index in [1.54, 1.807) is 6.07 Å². The highest BCUT2D eigenvalue weighted by atomic mass is 16.4. The van der Waals surface area contributed by atoms with E-state index in [2.05, 4.69) is 48.0 Å². The number of nitrogens with zero attached hydrogens (tertiary/aromatic N) is 1. The smallest absolute Gasteiger partial charge is 0.336 e. The van der Waals surface area contributed by atoms with E-state index in [9.17, 15) is 4.79 Å². The van der Waals surface area contributed by atoms with Crippen LogP contribution in [0.25, 0.3) is 34.0 Å². The quantitative estimate of drug-likeness (QED) is 0.409. The van der Waals surface area contributed by atoms with Gasteiger partial charge in [-0.05, 0) is 42.2 Å². The van der Waals surface area contributed by atoms with E-state index in [-0.39, 0.29) is 5.63 Å². The summed E-state index contributed by atoms with van der Waals surface area (Å²) in [7, 11) is 0. The van der Waals surface area contributed by atoms with Gasteiger partial charge in [0.25, 0.3) is 0 Å². The average Bonchev–Trinajstić information content (AvgIpc) is 3.02. The number of fused-ring (bicyclic) bond motifs is 2. The lowest BCUT2D eigenvalue weighted by Gasteiger charge is -2.02. The van der Waals surface area contributed by atoms with Crippen LogP contribution in [0.1, 0.15) is 36.5 Å². The Morgan fingerprint density at radius 3 is 2.67 bits per heavy atom. The van der Waals surface area contributed by atoms with Crippen molar-refractivity contribution >= 4 is 34.0 Å². The van der Waals surface area contributed by atoms with E-state index >= 15 is 0 Å². The molecule has 2 aromatic heterocycles. The number of benzene rings is 2. The summed E-state index contributed by atoms with van der Waals surface area (Å²) in [4.78, 5) is 12.0. The van der Waals surface area contributed by atoms with Gasteiger partial charge in [0.1, 0.15) is 5.58 Å². The van der Waals surface area contributed by atoms with Crippen molar-refractivity contribution in [3.63, 3.8) is 0 Å². The van der Waals surface area contributed by atoms with Gasteiger partial charge in [0.15, 0.2) is 0 Å². The van der Waals surface area contributed by atoms with Crippen molar-refractivity contribution in [2.45, 2.75) is 33.2 Å². The molecule has 0 saturated carbocycles. The molecule has 0 atom stereocenters. The molecule has 3 nitrogen and oxygen atoms in total. The van der Waals surface area contributed by atoms with E-state index in [0.717, 1.165) is 35.0 Å². The van der Waals surface area contributed by atoms with Crippen LogP contribution in [0.2, 0.25) is 0 Å².